The molecule has 1 fully saturated rings. The highest BCUT2D eigenvalue weighted by Crippen LogP contribution is 2.21. The Balaban J connectivity index is 1.52. The summed E-state index contributed by atoms with van der Waals surface area (Å²) in [5.41, 5.74) is 1.43. The first-order chi connectivity index (χ1) is 14.8. The predicted molar refractivity (Wildman–Crippen MR) is 112 cm³/mol. The van der Waals surface area contributed by atoms with Gasteiger partial charge in [-0.25, -0.2) is 17.2 Å². The Morgan fingerprint density at radius 3 is 2.19 bits per heavy atom. The topological polar surface area (TPSA) is 75.5 Å². The molecule has 4 rings (SSSR count). The maximum Gasteiger partial charge on any atom is 0.271 e. The predicted octanol–water partition coefficient (Wildman–Crippen LogP) is 2.33. The van der Waals surface area contributed by atoms with Crippen molar-refractivity contribution in [3.63, 3.8) is 0 Å². The highest BCUT2D eigenvalue weighted by Gasteiger charge is 2.29. The van der Waals surface area contributed by atoms with Crippen molar-refractivity contribution < 1.29 is 17.2 Å². The minimum atomic E-state index is -3.94. The number of nitrogens with zero attached hydrogens (tertiary/aromatic N) is 4. The lowest BCUT2D eigenvalue weighted by molar-refractivity contribution is 0.382. The van der Waals surface area contributed by atoms with E-state index in [0.29, 0.717) is 30.7 Å². The summed E-state index contributed by atoms with van der Waals surface area (Å²) in [5, 5.41) is 4.43. The van der Waals surface area contributed by atoms with Crippen LogP contribution in [0.25, 0.3) is 5.69 Å². The first-order valence-corrected chi connectivity index (χ1v) is 11.1. The zero-order chi connectivity index (χ0) is 22.2. The third-order valence-electron chi connectivity index (χ3n) is 5.16. The molecule has 1 saturated heterocycles. The van der Waals surface area contributed by atoms with Crippen molar-refractivity contribution in [2.45, 2.75) is 11.8 Å². The van der Waals surface area contributed by atoms with Crippen LogP contribution in [0.15, 0.2) is 64.3 Å². The number of hydrogen-bond acceptors (Lipinski definition) is 5. The summed E-state index contributed by atoms with van der Waals surface area (Å²) in [6.07, 6.45) is 0. The molecule has 0 atom stereocenters. The highest BCUT2D eigenvalue weighted by molar-refractivity contribution is 7.89. The van der Waals surface area contributed by atoms with E-state index in [0.717, 1.165) is 17.7 Å². The van der Waals surface area contributed by atoms with Gasteiger partial charge in [0.2, 0.25) is 10.0 Å². The molecule has 0 bridgehead atoms. The van der Waals surface area contributed by atoms with Crippen molar-refractivity contribution in [2.75, 3.05) is 31.1 Å². The van der Waals surface area contributed by atoms with E-state index < -0.39 is 21.7 Å². The molecule has 3 aromatic rings. The van der Waals surface area contributed by atoms with E-state index in [1.807, 2.05) is 24.0 Å². The van der Waals surface area contributed by atoms with Crippen LogP contribution in [0.3, 0.4) is 0 Å². The number of benzene rings is 2. The van der Waals surface area contributed by atoms with Crippen molar-refractivity contribution in [2.24, 2.45) is 0 Å². The van der Waals surface area contributed by atoms with Gasteiger partial charge in [-0.1, -0.05) is 17.7 Å². The molecule has 2 aromatic carbocycles. The molecule has 31 heavy (non-hydrogen) atoms. The summed E-state index contributed by atoms with van der Waals surface area (Å²) < 4.78 is 54.7. The maximum atomic E-state index is 13.5. The summed E-state index contributed by atoms with van der Waals surface area (Å²) in [6, 6.07) is 13.0. The average molecular weight is 446 g/mol. The van der Waals surface area contributed by atoms with E-state index in [9.17, 15) is 22.0 Å². The molecule has 1 aliphatic rings. The minimum Gasteiger partial charge on any atom is -0.353 e. The van der Waals surface area contributed by atoms with Crippen LogP contribution >= 0.6 is 0 Å². The molecule has 0 amide bonds. The van der Waals surface area contributed by atoms with E-state index in [1.165, 1.54) is 15.1 Å². The summed E-state index contributed by atoms with van der Waals surface area (Å²) in [5.74, 6) is -1.76. The van der Waals surface area contributed by atoms with Gasteiger partial charge >= 0.3 is 0 Å². The summed E-state index contributed by atoms with van der Waals surface area (Å²) in [7, 11) is -3.94. The van der Waals surface area contributed by atoms with E-state index in [4.69, 9.17) is 0 Å². The fourth-order valence-corrected chi connectivity index (χ4v) is 4.82. The van der Waals surface area contributed by atoms with Crippen LogP contribution in [0.1, 0.15) is 5.56 Å². The van der Waals surface area contributed by atoms with Gasteiger partial charge in [0.05, 0.1) is 10.6 Å². The van der Waals surface area contributed by atoms with E-state index in [1.54, 1.807) is 18.2 Å². The van der Waals surface area contributed by atoms with Gasteiger partial charge in [-0.15, -0.1) is 5.10 Å². The number of aromatic nitrogens is 2. The van der Waals surface area contributed by atoms with Crippen LogP contribution in [-0.4, -0.2) is 48.7 Å². The number of piperazine rings is 1. The smallest absolute Gasteiger partial charge is 0.271 e. The first kappa shape index (κ1) is 21.1. The second kappa shape index (κ2) is 8.20. The number of aryl methyl sites for hydroxylation is 1. The van der Waals surface area contributed by atoms with Gasteiger partial charge in [-0.2, -0.15) is 8.99 Å². The molecule has 1 aromatic heterocycles. The number of sulfonamides is 1. The van der Waals surface area contributed by atoms with Gasteiger partial charge in [-0.05, 0) is 43.3 Å². The number of rotatable bonds is 4. The van der Waals surface area contributed by atoms with Crippen LogP contribution in [-0.2, 0) is 10.0 Å². The van der Waals surface area contributed by atoms with Crippen LogP contribution in [0.5, 0.6) is 0 Å². The molecule has 0 spiro atoms. The molecule has 0 radical (unpaired) electrons. The van der Waals surface area contributed by atoms with Crippen molar-refractivity contribution in [1.29, 1.82) is 0 Å². The standard InChI is InChI=1S/C21H20F2N4O3S/c1-15-2-4-16(5-3-15)27-21(28)9-8-20(24-27)25-10-12-26(13-11-25)31(29,30)17-6-7-18(22)19(23)14-17/h2-9,14H,10-13H2,1H3. The van der Waals surface area contributed by atoms with Gasteiger partial charge in [0.25, 0.3) is 5.56 Å². The molecule has 0 saturated carbocycles. The molecular formula is C21H20F2N4O3S. The second-order valence-corrected chi connectivity index (χ2v) is 9.18. The van der Waals surface area contributed by atoms with E-state index >= 15 is 0 Å². The Labute approximate surface area is 178 Å². The van der Waals surface area contributed by atoms with Gasteiger partial charge in [0.1, 0.15) is 5.82 Å². The molecule has 1 aliphatic heterocycles. The molecule has 0 unspecified atom stereocenters. The van der Waals surface area contributed by atoms with Crippen LogP contribution in [0.4, 0.5) is 14.6 Å². The lowest BCUT2D eigenvalue weighted by atomic mass is 10.2. The lowest BCUT2D eigenvalue weighted by Gasteiger charge is -2.34. The van der Waals surface area contributed by atoms with Crippen LogP contribution < -0.4 is 10.5 Å². The monoisotopic (exact) mass is 446 g/mol. The third kappa shape index (κ3) is 4.21. The number of anilines is 1. The molecule has 2 heterocycles. The SMILES string of the molecule is Cc1ccc(-n2nc(N3CCN(S(=O)(=O)c4ccc(F)c(F)c4)CC3)ccc2=O)cc1. The Hall–Kier alpha value is -3.11. The Bertz CT molecular complexity index is 1270. The van der Waals surface area contributed by atoms with Gasteiger partial charge in [0, 0.05) is 32.2 Å². The first-order valence-electron chi connectivity index (χ1n) is 9.63. The Kier molecular flexibility index (Phi) is 5.59. The molecule has 7 nitrogen and oxygen atoms in total. The fraction of sp³-hybridized carbons (Fsp3) is 0.238. The van der Waals surface area contributed by atoms with Crippen molar-refractivity contribution in [3.8, 4) is 5.69 Å². The highest BCUT2D eigenvalue weighted by atomic mass is 32.2. The van der Waals surface area contributed by atoms with E-state index in [2.05, 4.69) is 5.10 Å². The fourth-order valence-electron chi connectivity index (χ4n) is 3.39. The summed E-state index contributed by atoms with van der Waals surface area (Å²) >= 11 is 0. The third-order valence-corrected chi connectivity index (χ3v) is 7.05. The van der Waals surface area contributed by atoms with Gasteiger partial charge in [-0.3, -0.25) is 4.79 Å². The van der Waals surface area contributed by atoms with Crippen molar-refractivity contribution in [3.05, 3.63) is 82.1 Å². The maximum absolute atomic E-state index is 13.5. The minimum absolute atomic E-state index is 0.146. The van der Waals surface area contributed by atoms with Crippen molar-refractivity contribution >= 4 is 15.8 Å². The quantitative estimate of drug-likeness (QED) is 0.615. The van der Waals surface area contributed by atoms with Gasteiger partial charge in [0.15, 0.2) is 11.6 Å². The molecule has 0 aliphatic carbocycles. The van der Waals surface area contributed by atoms with Crippen LogP contribution in [0, 0.1) is 18.6 Å². The van der Waals surface area contributed by atoms with Gasteiger partial charge < -0.3 is 4.90 Å². The molecule has 10 heteroatoms. The van der Waals surface area contributed by atoms with E-state index in [-0.39, 0.29) is 23.5 Å². The zero-order valence-corrected chi connectivity index (χ0v) is 17.5. The largest absolute Gasteiger partial charge is 0.353 e. The summed E-state index contributed by atoms with van der Waals surface area (Å²) in [4.78, 5) is 13.9. The number of halogens is 2. The molecular weight excluding hydrogens is 426 g/mol. The zero-order valence-electron chi connectivity index (χ0n) is 16.7. The Morgan fingerprint density at radius 2 is 1.55 bits per heavy atom. The molecule has 162 valence electrons. The Morgan fingerprint density at radius 1 is 0.871 bits per heavy atom. The number of hydrogen-bond donors (Lipinski definition) is 0. The summed E-state index contributed by atoms with van der Waals surface area (Å²) in [6.45, 7) is 2.91. The normalized spacial score (nSPS) is 15.3. The van der Waals surface area contributed by atoms with Crippen molar-refractivity contribution in [1.82, 2.24) is 14.1 Å². The molecule has 0 N–H and O–H groups in total. The lowest BCUT2D eigenvalue weighted by Crippen LogP contribution is -2.49. The van der Waals surface area contributed by atoms with Crippen LogP contribution in [0.2, 0.25) is 0 Å². The average Bonchev–Trinajstić information content (AvgIpc) is 2.77. The second-order valence-electron chi connectivity index (χ2n) is 7.24.